The van der Waals surface area contributed by atoms with Gasteiger partial charge in [-0.05, 0) is 25.0 Å². The van der Waals surface area contributed by atoms with Crippen LogP contribution in [0.25, 0.3) is 22.1 Å². The van der Waals surface area contributed by atoms with Gasteiger partial charge in [0, 0.05) is 38.5 Å². The average Bonchev–Trinajstić information content (AvgIpc) is 3.26. The van der Waals surface area contributed by atoms with Gasteiger partial charge in [-0.3, -0.25) is 18.7 Å². The number of hydrogen-bond donors (Lipinski definition) is 1. The van der Waals surface area contributed by atoms with Crippen LogP contribution in [0, 0.1) is 0 Å². The first-order chi connectivity index (χ1) is 15.3. The van der Waals surface area contributed by atoms with Crippen molar-refractivity contribution in [2.24, 2.45) is 14.1 Å². The number of H-pyrrole nitrogens is 1. The standard InChI is InChI=1S/C22H21N5O5/c1-25-18-16(20(29)26(2)22(25)31)23-17(24-18)13-7-5-9-27(11-13)19(28)14-10-12-6-3-4-8-15(12)32-21(14)30/h3-4,6,8,10,13H,5,7,9,11H2,1-2H3,(H,23,24). The minimum absolute atomic E-state index is 0.00905. The Balaban J connectivity index is 1.48. The van der Waals surface area contributed by atoms with Crippen LogP contribution in [0.15, 0.2) is 49.1 Å². The zero-order chi connectivity index (χ0) is 22.6. The third-order valence-corrected chi connectivity index (χ3v) is 6.08. The number of aryl methyl sites for hydroxylation is 1. The lowest BCUT2D eigenvalue weighted by Crippen LogP contribution is -2.41. The number of rotatable bonds is 2. The predicted molar refractivity (Wildman–Crippen MR) is 117 cm³/mol. The van der Waals surface area contributed by atoms with E-state index in [1.54, 1.807) is 36.2 Å². The van der Waals surface area contributed by atoms with Crippen LogP contribution in [0.1, 0.15) is 34.9 Å². The highest BCUT2D eigenvalue weighted by Gasteiger charge is 2.30. The average molecular weight is 435 g/mol. The molecule has 3 aromatic heterocycles. The largest absolute Gasteiger partial charge is 0.422 e. The summed E-state index contributed by atoms with van der Waals surface area (Å²) >= 11 is 0. The molecule has 1 N–H and O–H groups in total. The molecule has 1 fully saturated rings. The van der Waals surface area contributed by atoms with Crippen LogP contribution in [0.5, 0.6) is 0 Å². The molecule has 164 valence electrons. The zero-order valence-electron chi connectivity index (χ0n) is 17.6. The van der Waals surface area contributed by atoms with Gasteiger partial charge in [-0.15, -0.1) is 0 Å². The summed E-state index contributed by atoms with van der Waals surface area (Å²) in [4.78, 5) is 59.4. The van der Waals surface area contributed by atoms with Crippen molar-refractivity contribution in [1.82, 2.24) is 24.0 Å². The summed E-state index contributed by atoms with van der Waals surface area (Å²) < 4.78 is 7.66. The smallest absolute Gasteiger partial charge is 0.349 e. The summed E-state index contributed by atoms with van der Waals surface area (Å²) in [6.07, 6.45) is 1.47. The number of piperidine rings is 1. The molecule has 0 saturated carbocycles. The number of aromatic amines is 1. The van der Waals surface area contributed by atoms with E-state index in [-0.39, 0.29) is 22.6 Å². The Morgan fingerprint density at radius 1 is 1.16 bits per heavy atom. The number of benzene rings is 1. The van der Waals surface area contributed by atoms with E-state index < -0.39 is 22.8 Å². The van der Waals surface area contributed by atoms with Crippen molar-refractivity contribution in [3.63, 3.8) is 0 Å². The van der Waals surface area contributed by atoms with Crippen LogP contribution >= 0.6 is 0 Å². The maximum absolute atomic E-state index is 13.1. The first kappa shape index (κ1) is 20.0. The number of hydrogen-bond acceptors (Lipinski definition) is 6. The van der Waals surface area contributed by atoms with E-state index >= 15 is 0 Å². The van der Waals surface area contributed by atoms with E-state index in [1.807, 2.05) is 6.07 Å². The molecule has 4 aromatic rings. The maximum atomic E-state index is 13.1. The molecule has 1 aliphatic heterocycles. The SMILES string of the molecule is Cn1c(=O)c2[nH]c(C3CCCN(C(=O)c4cc5ccccc5oc4=O)C3)nc2n(C)c1=O. The maximum Gasteiger partial charge on any atom is 0.349 e. The van der Waals surface area contributed by atoms with Crippen molar-refractivity contribution >= 4 is 28.0 Å². The quantitative estimate of drug-likeness (QED) is 0.470. The molecule has 1 aromatic carbocycles. The molecule has 1 saturated heterocycles. The Morgan fingerprint density at radius 2 is 1.94 bits per heavy atom. The van der Waals surface area contributed by atoms with Crippen LogP contribution in [-0.4, -0.2) is 43.0 Å². The predicted octanol–water partition coefficient (Wildman–Crippen LogP) is 1.09. The van der Waals surface area contributed by atoms with Gasteiger partial charge in [-0.25, -0.2) is 14.6 Å². The lowest BCUT2D eigenvalue weighted by Gasteiger charge is -2.31. The number of para-hydroxylation sites is 1. The first-order valence-corrected chi connectivity index (χ1v) is 10.3. The molecular formula is C22H21N5O5. The highest BCUT2D eigenvalue weighted by atomic mass is 16.4. The van der Waals surface area contributed by atoms with Crippen LogP contribution in [0.2, 0.25) is 0 Å². The van der Waals surface area contributed by atoms with Crippen molar-refractivity contribution in [1.29, 1.82) is 0 Å². The van der Waals surface area contributed by atoms with E-state index in [2.05, 4.69) is 9.97 Å². The van der Waals surface area contributed by atoms with Crippen molar-refractivity contribution in [3.05, 3.63) is 73.0 Å². The van der Waals surface area contributed by atoms with E-state index in [1.165, 1.54) is 11.6 Å². The van der Waals surface area contributed by atoms with Gasteiger partial charge in [0.25, 0.3) is 11.5 Å². The number of imidazole rings is 1. The Bertz CT molecular complexity index is 1560. The fraction of sp³-hybridized carbons (Fsp3) is 0.318. The number of nitrogens with one attached hydrogen (secondary N) is 1. The van der Waals surface area contributed by atoms with Gasteiger partial charge >= 0.3 is 11.3 Å². The second-order valence-electron chi connectivity index (χ2n) is 8.10. The number of nitrogens with zero attached hydrogens (tertiary/aromatic N) is 4. The van der Waals surface area contributed by atoms with Crippen LogP contribution in [0.4, 0.5) is 0 Å². The normalized spacial score (nSPS) is 16.7. The van der Waals surface area contributed by atoms with E-state index in [4.69, 9.17) is 4.42 Å². The Morgan fingerprint density at radius 3 is 2.75 bits per heavy atom. The van der Waals surface area contributed by atoms with Gasteiger partial charge in [-0.2, -0.15) is 0 Å². The van der Waals surface area contributed by atoms with Gasteiger partial charge in [0.2, 0.25) is 0 Å². The molecule has 0 bridgehead atoms. The van der Waals surface area contributed by atoms with Crippen LogP contribution in [-0.2, 0) is 14.1 Å². The molecule has 1 atom stereocenters. The Hall–Kier alpha value is -3.95. The number of aromatic nitrogens is 4. The molecule has 1 unspecified atom stereocenters. The van der Waals surface area contributed by atoms with Gasteiger partial charge in [0.15, 0.2) is 5.65 Å². The lowest BCUT2D eigenvalue weighted by molar-refractivity contribution is 0.0701. The Labute approximate surface area is 180 Å². The summed E-state index contributed by atoms with van der Waals surface area (Å²) in [7, 11) is 2.98. The first-order valence-electron chi connectivity index (χ1n) is 10.3. The summed E-state index contributed by atoms with van der Waals surface area (Å²) in [6.45, 7) is 0.835. The molecule has 5 rings (SSSR count). The molecular weight excluding hydrogens is 414 g/mol. The highest BCUT2D eigenvalue weighted by Crippen LogP contribution is 2.27. The number of likely N-dealkylation sites (tertiary alicyclic amines) is 1. The Kier molecular flexibility index (Phi) is 4.58. The molecule has 32 heavy (non-hydrogen) atoms. The third kappa shape index (κ3) is 3.06. The fourth-order valence-corrected chi connectivity index (χ4v) is 4.30. The number of fused-ring (bicyclic) bond motifs is 2. The fourth-order valence-electron chi connectivity index (χ4n) is 4.30. The molecule has 1 amide bonds. The molecule has 0 spiro atoms. The van der Waals surface area contributed by atoms with Crippen LogP contribution in [0.3, 0.4) is 0 Å². The summed E-state index contributed by atoms with van der Waals surface area (Å²) in [5.41, 5.74) is -0.610. The van der Waals surface area contributed by atoms with Crippen LogP contribution < -0.4 is 16.9 Å². The summed E-state index contributed by atoms with van der Waals surface area (Å²) in [6, 6.07) is 8.60. The zero-order valence-corrected chi connectivity index (χ0v) is 17.6. The van der Waals surface area contributed by atoms with Gasteiger partial charge in [-0.1, -0.05) is 18.2 Å². The van der Waals surface area contributed by atoms with Crippen molar-refractivity contribution in [2.75, 3.05) is 13.1 Å². The lowest BCUT2D eigenvalue weighted by atomic mass is 9.97. The number of amides is 1. The van der Waals surface area contributed by atoms with Gasteiger partial charge < -0.3 is 14.3 Å². The van der Waals surface area contributed by atoms with Gasteiger partial charge in [0.1, 0.15) is 22.5 Å². The summed E-state index contributed by atoms with van der Waals surface area (Å²) in [5, 5.41) is 0.679. The highest BCUT2D eigenvalue weighted by molar-refractivity contribution is 5.96. The molecule has 10 heteroatoms. The second-order valence-corrected chi connectivity index (χ2v) is 8.10. The molecule has 0 radical (unpaired) electrons. The molecule has 1 aliphatic rings. The van der Waals surface area contributed by atoms with E-state index in [9.17, 15) is 19.2 Å². The third-order valence-electron chi connectivity index (χ3n) is 6.08. The molecule has 10 nitrogen and oxygen atoms in total. The van der Waals surface area contributed by atoms with Gasteiger partial charge in [0.05, 0.1) is 0 Å². The second kappa shape index (κ2) is 7.33. The summed E-state index contributed by atoms with van der Waals surface area (Å²) in [5.74, 6) is -0.0117. The molecule has 4 heterocycles. The minimum Gasteiger partial charge on any atom is -0.422 e. The minimum atomic E-state index is -0.668. The van der Waals surface area contributed by atoms with Crippen molar-refractivity contribution in [3.8, 4) is 0 Å². The van der Waals surface area contributed by atoms with Crippen molar-refractivity contribution < 1.29 is 9.21 Å². The number of carbonyl (C=O) groups excluding carboxylic acids is 1. The molecule has 0 aliphatic carbocycles. The van der Waals surface area contributed by atoms with E-state index in [0.29, 0.717) is 36.3 Å². The van der Waals surface area contributed by atoms with E-state index in [0.717, 1.165) is 11.0 Å². The monoisotopic (exact) mass is 435 g/mol. The van der Waals surface area contributed by atoms with Crippen molar-refractivity contribution in [2.45, 2.75) is 18.8 Å². The number of carbonyl (C=O) groups is 1. The topological polar surface area (TPSA) is 123 Å².